The van der Waals surface area contributed by atoms with Crippen LogP contribution in [0.3, 0.4) is 0 Å². The topological polar surface area (TPSA) is 75.7 Å². The Morgan fingerprint density at radius 3 is 2.85 bits per heavy atom. The van der Waals surface area contributed by atoms with Crippen molar-refractivity contribution in [1.82, 2.24) is 9.62 Å². The van der Waals surface area contributed by atoms with Crippen LogP contribution in [0.25, 0.3) is 0 Å². The summed E-state index contributed by atoms with van der Waals surface area (Å²) in [6, 6.07) is 4.63. The van der Waals surface area contributed by atoms with Gasteiger partial charge in [0.2, 0.25) is 10.0 Å². The van der Waals surface area contributed by atoms with Gasteiger partial charge in [0.25, 0.3) is 0 Å². The van der Waals surface area contributed by atoms with Gasteiger partial charge in [-0.1, -0.05) is 24.9 Å². The number of carbonyl (C=O) groups excluding carboxylic acids is 1. The molecule has 1 aliphatic heterocycles. The highest BCUT2D eigenvalue weighted by Crippen LogP contribution is 2.22. The zero-order valence-electron chi connectivity index (χ0n) is 15.3. The summed E-state index contributed by atoms with van der Waals surface area (Å²) >= 11 is 5.94. The molecule has 26 heavy (non-hydrogen) atoms. The van der Waals surface area contributed by atoms with E-state index in [0.717, 1.165) is 25.9 Å². The first-order valence-corrected chi connectivity index (χ1v) is 10.9. The van der Waals surface area contributed by atoms with E-state index < -0.39 is 16.0 Å². The molecule has 0 bridgehead atoms. The van der Waals surface area contributed by atoms with Crippen LogP contribution in [-0.4, -0.2) is 52.1 Å². The summed E-state index contributed by atoms with van der Waals surface area (Å²) in [6.45, 7) is 4.52. The molecule has 146 valence electrons. The van der Waals surface area contributed by atoms with E-state index in [0.29, 0.717) is 12.6 Å². The minimum Gasteiger partial charge on any atom is -0.465 e. The van der Waals surface area contributed by atoms with Crippen LogP contribution in [-0.2, 0) is 14.8 Å². The number of esters is 1. The third-order valence-corrected chi connectivity index (χ3v) is 6.58. The Kier molecular flexibility index (Phi) is 7.88. The molecule has 2 rings (SSSR count). The molecule has 0 radical (unpaired) electrons. The molecular formula is C18H27ClN2O4S. The summed E-state index contributed by atoms with van der Waals surface area (Å²) in [5.74, 6) is -0.664. The Morgan fingerprint density at radius 1 is 1.38 bits per heavy atom. The minimum absolute atomic E-state index is 0.00621. The number of nitrogens with zero attached hydrogens (tertiary/aromatic N) is 1. The molecule has 1 heterocycles. The molecule has 0 unspecified atom stereocenters. The van der Waals surface area contributed by atoms with Crippen molar-refractivity contribution in [2.24, 2.45) is 0 Å². The molecule has 1 saturated heterocycles. The molecule has 1 aliphatic rings. The summed E-state index contributed by atoms with van der Waals surface area (Å²) in [6.07, 6.45) is 5.59. The summed E-state index contributed by atoms with van der Waals surface area (Å²) in [5, 5.41) is 0.159. The second kappa shape index (κ2) is 9.69. The molecule has 1 aromatic carbocycles. The molecule has 1 aromatic rings. The van der Waals surface area contributed by atoms with Crippen molar-refractivity contribution in [3.63, 3.8) is 0 Å². The second-order valence-electron chi connectivity index (χ2n) is 6.48. The maximum absolute atomic E-state index is 12.5. The SMILES string of the molecule is CC[C@@H]1CCCCN1CCCNS(=O)(=O)c1ccc(Cl)c(C(=O)OC)c1. The predicted octanol–water partition coefficient (Wildman–Crippen LogP) is 3.06. The Hall–Kier alpha value is -1.15. The van der Waals surface area contributed by atoms with E-state index in [1.807, 2.05) is 0 Å². The molecule has 0 spiro atoms. The Balaban J connectivity index is 1.93. The van der Waals surface area contributed by atoms with Crippen molar-refractivity contribution in [2.45, 2.75) is 50.0 Å². The lowest BCUT2D eigenvalue weighted by atomic mass is 10.00. The first-order valence-electron chi connectivity index (χ1n) is 9.00. The van der Waals surface area contributed by atoms with Crippen molar-refractivity contribution in [2.75, 3.05) is 26.7 Å². The highest BCUT2D eigenvalue weighted by Gasteiger charge is 2.21. The fraction of sp³-hybridized carbons (Fsp3) is 0.611. The summed E-state index contributed by atoms with van der Waals surface area (Å²) in [5.41, 5.74) is 0.0381. The molecular weight excluding hydrogens is 376 g/mol. The molecule has 1 atom stereocenters. The van der Waals surface area contributed by atoms with Gasteiger partial charge in [-0.2, -0.15) is 0 Å². The number of benzene rings is 1. The van der Waals surface area contributed by atoms with Crippen LogP contribution >= 0.6 is 11.6 Å². The van der Waals surface area contributed by atoms with Gasteiger partial charge in [0.15, 0.2) is 0 Å². The lowest BCUT2D eigenvalue weighted by molar-refractivity contribution is 0.0600. The molecule has 1 N–H and O–H groups in total. The van der Waals surface area contributed by atoms with Crippen LogP contribution < -0.4 is 4.72 Å². The lowest BCUT2D eigenvalue weighted by Crippen LogP contribution is -2.40. The van der Waals surface area contributed by atoms with Crippen molar-refractivity contribution in [3.8, 4) is 0 Å². The van der Waals surface area contributed by atoms with Gasteiger partial charge in [-0.15, -0.1) is 0 Å². The molecule has 0 amide bonds. The van der Waals surface area contributed by atoms with Gasteiger partial charge in [0, 0.05) is 12.6 Å². The molecule has 1 fully saturated rings. The van der Waals surface area contributed by atoms with E-state index in [-0.39, 0.29) is 15.5 Å². The first kappa shape index (κ1) is 21.2. The van der Waals surface area contributed by atoms with Gasteiger partial charge in [0.05, 0.1) is 22.6 Å². The number of piperidine rings is 1. The van der Waals surface area contributed by atoms with Crippen LogP contribution in [0.2, 0.25) is 5.02 Å². The Bertz CT molecular complexity index is 724. The van der Waals surface area contributed by atoms with Gasteiger partial charge in [-0.25, -0.2) is 17.9 Å². The van der Waals surface area contributed by atoms with Gasteiger partial charge in [0.1, 0.15) is 0 Å². The van der Waals surface area contributed by atoms with Crippen molar-refractivity contribution < 1.29 is 17.9 Å². The summed E-state index contributed by atoms with van der Waals surface area (Å²) < 4.78 is 32.1. The second-order valence-corrected chi connectivity index (χ2v) is 8.65. The number of likely N-dealkylation sites (tertiary alicyclic amines) is 1. The van der Waals surface area contributed by atoms with Gasteiger partial charge >= 0.3 is 5.97 Å². The number of nitrogens with one attached hydrogen (secondary N) is 1. The minimum atomic E-state index is -3.70. The number of methoxy groups -OCH3 is 1. The third-order valence-electron chi connectivity index (χ3n) is 4.79. The third kappa shape index (κ3) is 5.42. The van der Waals surface area contributed by atoms with Gasteiger partial charge in [-0.05, 0) is 57.0 Å². The van der Waals surface area contributed by atoms with E-state index in [1.54, 1.807) is 0 Å². The fourth-order valence-corrected chi connectivity index (χ4v) is 4.62. The van der Waals surface area contributed by atoms with Crippen LogP contribution in [0.5, 0.6) is 0 Å². The zero-order chi connectivity index (χ0) is 19.2. The monoisotopic (exact) mass is 402 g/mol. The van der Waals surface area contributed by atoms with E-state index in [4.69, 9.17) is 11.6 Å². The van der Waals surface area contributed by atoms with E-state index in [2.05, 4.69) is 21.3 Å². The molecule has 0 aliphatic carbocycles. The average molecular weight is 403 g/mol. The van der Waals surface area contributed by atoms with Crippen LogP contribution in [0.4, 0.5) is 0 Å². The van der Waals surface area contributed by atoms with Crippen LogP contribution in [0, 0.1) is 0 Å². The fourth-order valence-electron chi connectivity index (χ4n) is 3.33. The van der Waals surface area contributed by atoms with E-state index in [9.17, 15) is 13.2 Å². The number of sulfonamides is 1. The average Bonchev–Trinajstić information content (AvgIpc) is 2.65. The first-order chi connectivity index (χ1) is 12.4. The zero-order valence-corrected chi connectivity index (χ0v) is 16.9. The largest absolute Gasteiger partial charge is 0.465 e. The van der Waals surface area contributed by atoms with Gasteiger partial charge < -0.3 is 9.64 Å². The van der Waals surface area contributed by atoms with E-state index in [1.165, 1.54) is 44.6 Å². The summed E-state index contributed by atoms with van der Waals surface area (Å²) in [4.78, 5) is 14.1. The number of hydrogen-bond acceptors (Lipinski definition) is 5. The van der Waals surface area contributed by atoms with Gasteiger partial charge in [-0.3, -0.25) is 0 Å². The standard InChI is InChI=1S/C18H27ClN2O4S/c1-3-14-7-4-5-11-21(14)12-6-10-20-26(23,24)15-8-9-17(19)16(13-15)18(22)25-2/h8-9,13-14,20H,3-7,10-12H2,1-2H3/t14-/m1/s1. The number of halogens is 1. The predicted molar refractivity (Wildman–Crippen MR) is 102 cm³/mol. The van der Waals surface area contributed by atoms with Crippen LogP contribution in [0.15, 0.2) is 23.1 Å². The number of rotatable bonds is 8. The lowest BCUT2D eigenvalue weighted by Gasteiger charge is -2.35. The maximum Gasteiger partial charge on any atom is 0.339 e. The Morgan fingerprint density at radius 2 is 2.15 bits per heavy atom. The van der Waals surface area contributed by atoms with E-state index >= 15 is 0 Å². The van der Waals surface area contributed by atoms with Crippen molar-refractivity contribution in [3.05, 3.63) is 28.8 Å². The summed E-state index contributed by atoms with van der Waals surface area (Å²) in [7, 11) is -2.47. The quantitative estimate of drug-likeness (QED) is 0.534. The molecule has 8 heteroatoms. The Labute approximate surface area is 160 Å². The number of ether oxygens (including phenoxy) is 1. The number of hydrogen-bond donors (Lipinski definition) is 1. The van der Waals surface area contributed by atoms with Crippen molar-refractivity contribution in [1.29, 1.82) is 0 Å². The molecule has 0 saturated carbocycles. The number of carbonyl (C=O) groups is 1. The normalized spacial score (nSPS) is 18.7. The highest BCUT2D eigenvalue weighted by molar-refractivity contribution is 7.89. The smallest absolute Gasteiger partial charge is 0.339 e. The molecule has 6 nitrogen and oxygen atoms in total. The van der Waals surface area contributed by atoms with Crippen LogP contribution in [0.1, 0.15) is 49.4 Å². The highest BCUT2D eigenvalue weighted by atomic mass is 35.5. The van der Waals surface area contributed by atoms with Crippen molar-refractivity contribution >= 4 is 27.6 Å². The maximum atomic E-state index is 12.5. The molecule has 0 aromatic heterocycles.